The third-order valence-corrected chi connectivity index (χ3v) is 6.16. The molecule has 1 aliphatic heterocycles. The van der Waals surface area contributed by atoms with Crippen LogP contribution < -0.4 is 5.32 Å². The van der Waals surface area contributed by atoms with Crippen LogP contribution in [-0.2, 0) is 9.59 Å². The Morgan fingerprint density at radius 3 is 2.31 bits per heavy atom. The Morgan fingerprint density at radius 1 is 1.09 bits per heavy atom. The number of aliphatic imine (C=N–C) groups is 1. The molecular formula is C23H31Cl2N3O4. The molecule has 0 saturated heterocycles. The molecule has 0 aromatic heterocycles. The predicted octanol–water partition coefficient (Wildman–Crippen LogP) is 4.60. The van der Waals surface area contributed by atoms with Gasteiger partial charge in [0.1, 0.15) is 6.04 Å². The first-order valence-corrected chi connectivity index (χ1v) is 11.8. The van der Waals surface area contributed by atoms with Crippen LogP contribution in [0.1, 0.15) is 68.1 Å². The maximum Gasteiger partial charge on any atom is 0.326 e. The first kappa shape index (κ1) is 26.1. The van der Waals surface area contributed by atoms with E-state index in [-0.39, 0.29) is 21.5 Å². The molecule has 1 aliphatic rings. The minimum atomic E-state index is -1.08. The third kappa shape index (κ3) is 8.10. The normalized spacial score (nSPS) is 14.8. The lowest BCUT2D eigenvalue weighted by Crippen LogP contribution is -2.41. The van der Waals surface area contributed by atoms with Gasteiger partial charge in [0.15, 0.2) is 0 Å². The number of nitrogens with one attached hydrogen (secondary N) is 1. The van der Waals surface area contributed by atoms with Gasteiger partial charge in [-0.15, -0.1) is 0 Å². The van der Waals surface area contributed by atoms with E-state index in [0.29, 0.717) is 31.6 Å². The Morgan fingerprint density at radius 2 is 1.69 bits per heavy atom. The fraction of sp³-hybridized carbons (Fsp3) is 0.565. The number of benzene rings is 1. The number of rotatable bonds is 13. The van der Waals surface area contributed by atoms with Crippen LogP contribution in [0.4, 0.5) is 0 Å². The lowest BCUT2D eigenvalue weighted by Gasteiger charge is -2.21. The number of unbranched alkanes of at least 4 members (excludes halogenated alkanes) is 6. The summed E-state index contributed by atoms with van der Waals surface area (Å²) >= 11 is 12.0. The van der Waals surface area contributed by atoms with Crippen LogP contribution >= 0.6 is 23.2 Å². The van der Waals surface area contributed by atoms with Crippen molar-refractivity contribution in [2.75, 3.05) is 20.1 Å². The lowest BCUT2D eigenvalue weighted by atomic mass is 10.0. The van der Waals surface area contributed by atoms with E-state index in [1.165, 1.54) is 12.1 Å². The molecule has 1 heterocycles. The molecule has 0 aliphatic carbocycles. The smallest absolute Gasteiger partial charge is 0.326 e. The molecule has 0 fully saturated rings. The molecule has 0 unspecified atom stereocenters. The van der Waals surface area contributed by atoms with Crippen molar-refractivity contribution in [2.45, 2.75) is 63.8 Å². The second-order valence-corrected chi connectivity index (χ2v) is 8.84. The Labute approximate surface area is 199 Å². The van der Waals surface area contributed by atoms with Crippen LogP contribution in [0.25, 0.3) is 0 Å². The summed E-state index contributed by atoms with van der Waals surface area (Å²) in [5, 5.41) is 12.3. The van der Waals surface area contributed by atoms with Crippen molar-refractivity contribution in [3.63, 3.8) is 0 Å². The van der Waals surface area contributed by atoms with Crippen LogP contribution in [0.5, 0.6) is 0 Å². The second kappa shape index (κ2) is 13.4. The monoisotopic (exact) mass is 483 g/mol. The quantitative estimate of drug-likeness (QED) is 0.400. The highest BCUT2D eigenvalue weighted by molar-refractivity contribution is 6.40. The molecule has 1 aromatic rings. The number of carbonyl (C=O) groups is 3. The lowest BCUT2D eigenvalue weighted by molar-refractivity contribution is -0.139. The number of carboxylic acids is 1. The van der Waals surface area contributed by atoms with Gasteiger partial charge in [0, 0.05) is 13.6 Å². The maximum atomic E-state index is 12.4. The van der Waals surface area contributed by atoms with Gasteiger partial charge in [0.2, 0.25) is 0 Å². The minimum absolute atomic E-state index is 0.0492. The SMILES string of the molecule is CN1CCN=C(CCCCCCCCC[C@H](NC(=O)c2c(Cl)cccc2Cl)C(=O)O)C1=O. The highest BCUT2D eigenvalue weighted by Crippen LogP contribution is 2.24. The van der Waals surface area contributed by atoms with Crippen molar-refractivity contribution in [1.82, 2.24) is 10.2 Å². The van der Waals surface area contributed by atoms with Crippen LogP contribution in [0, 0.1) is 0 Å². The molecule has 32 heavy (non-hydrogen) atoms. The zero-order valence-corrected chi connectivity index (χ0v) is 19.9. The van der Waals surface area contributed by atoms with E-state index in [1.807, 2.05) is 7.05 Å². The average molecular weight is 484 g/mol. The number of aliphatic carboxylic acids is 1. The van der Waals surface area contributed by atoms with Crippen LogP contribution in [-0.4, -0.2) is 59.7 Å². The number of likely N-dealkylation sites (N-methyl/N-ethyl adjacent to an activating group) is 1. The summed E-state index contributed by atoms with van der Waals surface area (Å²) in [5.74, 6) is -1.61. The number of halogens is 2. The number of nitrogens with zero attached hydrogens (tertiary/aromatic N) is 2. The van der Waals surface area contributed by atoms with Gasteiger partial charge in [-0.2, -0.15) is 0 Å². The molecule has 0 saturated carbocycles. The molecular weight excluding hydrogens is 453 g/mol. The third-order valence-electron chi connectivity index (χ3n) is 5.53. The highest BCUT2D eigenvalue weighted by Gasteiger charge is 2.23. The molecule has 176 valence electrons. The number of carbonyl (C=O) groups excluding carboxylic acids is 2. The van der Waals surface area contributed by atoms with Crippen molar-refractivity contribution in [1.29, 1.82) is 0 Å². The average Bonchev–Trinajstić information content (AvgIpc) is 2.74. The van der Waals surface area contributed by atoms with Gasteiger partial charge in [-0.25, -0.2) is 4.79 Å². The van der Waals surface area contributed by atoms with Gasteiger partial charge in [-0.05, 0) is 31.4 Å². The minimum Gasteiger partial charge on any atom is -0.480 e. The summed E-state index contributed by atoms with van der Waals surface area (Å²) in [5.41, 5.74) is 0.785. The predicted molar refractivity (Wildman–Crippen MR) is 127 cm³/mol. The topological polar surface area (TPSA) is 99.1 Å². The molecule has 1 atom stereocenters. The van der Waals surface area contributed by atoms with Gasteiger partial charge < -0.3 is 15.3 Å². The van der Waals surface area contributed by atoms with E-state index >= 15 is 0 Å². The highest BCUT2D eigenvalue weighted by atomic mass is 35.5. The molecule has 7 nitrogen and oxygen atoms in total. The largest absolute Gasteiger partial charge is 0.480 e. The standard InChI is InChI=1S/C23H31Cl2N3O4/c1-28-15-14-26-18(22(28)30)12-7-5-3-2-4-6-8-13-19(23(31)32)27-21(29)20-16(24)10-9-11-17(20)25/h9-11,19H,2-8,12-15H2,1H3,(H,27,29)(H,31,32)/t19-/m0/s1. The molecule has 0 bridgehead atoms. The zero-order valence-electron chi connectivity index (χ0n) is 18.4. The van der Waals surface area contributed by atoms with Crippen LogP contribution in [0.15, 0.2) is 23.2 Å². The number of hydrogen-bond acceptors (Lipinski definition) is 4. The maximum absolute atomic E-state index is 12.4. The first-order chi connectivity index (χ1) is 15.3. The van der Waals surface area contributed by atoms with Gasteiger partial charge in [0.25, 0.3) is 11.8 Å². The van der Waals surface area contributed by atoms with E-state index in [4.69, 9.17) is 23.2 Å². The fourth-order valence-electron chi connectivity index (χ4n) is 3.64. The van der Waals surface area contributed by atoms with E-state index < -0.39 is 17.9 Å². The van der Waals surface area contributed by atoms with Gasteiger partial charge >= 0.3 is 5.97 Å². The van der Waals surface area contributed by atoms with Crippen molar-refractivity contribution in [3.8, 4) is 0 Å². The van der Waals surface area contributed by atoms with Gasteiger partial charge in [0.05, 0.1) is 27.9 Å². The summed E-state index contributed by atoms with van der Waals surface area (Å²) in [6.07, 6.45) is 7.80. The van der Waals surface area contributed by atoms with Crippen LogP contribution in [0.3, 0.4) is 0 Å². The Kier molecular flexibility index (Phi) is 11.0. The zero-order chi connectivity index (χ0) is 23.5. The van der Waals surface area contributed by atoms with Gasteiger partial charge in [-0.1, -0.05) is 67.8 Å². The molecule has 0 radical (unpaired) electrons. The van der Waals surface area contributed by atoms with E-state index in [0.717, 1.165) is 44.9 Å². The summed E-state index contributed by atoms with van der Waals surface area (Å²) in [6, 6.07) is 3.72. The summed E-state index contributed by atoms with van der Waals surface area (Å²) < 4.78 is 0. The van der Waals surface area contributed by atoms with E-state index in [1.54, 1.807) is 11.0 Å². The number of carboxylic acid groups (broad SMARTS) is 1. The van der Waals surface area contributed by atoms with Crippen molar-refractivity contribution < 1.29 is 19.5 Å². The fourth-order valence-corrected chi connectivity index (χ4v) is 4.21. The summed E-state index contributed by atoms with van der Waals surface area (Å²) in [4.78, 5) is 42.0. The first-order valence-electron chi connectivity index (χ1n) is 11.1. The number of amides is 2. The van der Waals surface area contributed by atoms with Crippen molar-refractivity contribution in [2.24, 2.45) is 4.99 Å². The summed E-state index contributed by atoms with van der Waals surface area (Å²) in [6.45, 7) is 1.39. The van der Waals surface area contributed by atoms with Crippen molar-refractivity contribution in [3.05, 3.63) is 33.8 Å². The van der Waals surface area contributed by atoms with Gasteiger partial charge in [-0.3, -0.25) is 14.6 Å². The van der Waals surface area contributed by atoms with E-state index in [9.17, 15) is 19.5 Å². The molecule has 9 heteroatoms. The summed E-state index contributed by atoms with van der Waals surface area (Å²) in [7, 11) is 1.81. The van der Waals surface area contributed by atoms with Crippen LogP contribution in [0.2, 0.25) is 10.0 Å². The second-order valence-electron chi connectivity index (χ2n) is 8.03. The molecule has 2 rings (SSSR count). The molecule has 2 amide bonds. The van der Waals surface area contributed by atoms with E-state index in [2.05, 4.69) is 10.3 Å². The molecule has 1 aromatic carbocycles. The van der Waals surface area contributed by atoms with Crippen molar-refractivity contribution >= 4 is 46.7 Å². The Bertz CT molecular complexity index is 824. The molecule has 2 N–H and O–H groups in total. The number of hydrogen-bond donors (Lipinski definition) is 2. The Balaban J connectivity index is 1.61. The molecule has 0 spiro atoms. The Hall–Kier alpha value is -2.12.